The van der Waals surface area contributed by atoms with Crippen LogP contribution in [0, 0.1) is 23.7 Å². The van der Waals surface area contributed by atoms with E-state index in [0.717, 1.165) is 30.3 Å². The van der Waals surface area contributed by atoms with E-state index in [-0.39, 0.29) is 98.6 Å². The molecule has 7 heterocycles. The quantitative estimate of drug-likeness (QED) is 0.0805. The van der Waals surface area contributed by atoms with Crippen LogP contribution < -0.4 is 46.9 Å². The zero-order chi connectivity index (χ0) is 73.4. The number of benzene rings is 4. The summed E-state index contributed by atoms with van der Waals surface area (Å²) in [5.41, 5.74) is 9.59. The minimum Gasteiger partial charge on any atom is -0.512 e. The molecule has 0 spiro atoms. The van der Waals surface area contributed by atoms with Crippen molar-refractivity contribution in [3.05, 3.63) is 116 Å². The molecule has 11 bridgehead atoms. The van der Waals surface area contributed by atoms with Gasteiger partial charge in [0.05, 0.1) is 52.8 Å². The molecule has 8 aliphatic rings. The molecule has 2 fully saturated rings. The van der Waals surface area contributed by atoms with Crippen LogP contribution in [0.1, 0.15) is 131 Å². The topological polar surface area (TPSA) is 483 Å². The Bertz CT molecular complexity index is 3960. The van der Waals surface area contributed by atoms with Gasteiger partial charge in [0.25, 0.3) is 6.47 Å². The fraction of sp³-hybridized carbons (Fsp3) is 0.478. The third-order valence-electron chi connectivity index (χ3n) is 18.9. The monoisotopic (exact) mass is 1450 g/mol. The lowest BCUT2D eigenvalue weighted by atomic mass is 9.76. The van der Waals surface area contributed by atoms with Gasteiger partial charge in [-0.2, -0.15) is 0 Å². The van der Waals surface area contributed by atoms with Crippen molar-refractivity contribution in [2.45, 2.75) is 170 Å². The molecule has 32 heteroatoms. The number of nitrogens with one attached hydrogen (secondary N) is 4. The number of amides is 4. The fourth-order valence-electron chi connectivity index (χ4n) is 13.5. The summed E-state index contributed by atoms with van der Waals surface area (Å²) < 4.78 is 43.9. The summed E-state index contributed by atoms with van der Waals surface area (Å²) in [5.74, 6) is -16.9. The van der Waals surface area contributed by atoms with E-state index in [9.17, 15) is 69.9 Å². The molecule has 1 aliphatic carbocycles. The van der Waals surface area contributed by atoms with Gasteiger partial charge in [-0.15, -0.1) is 0 Å². The first kappa shape index (κ1) is 75.3. The molecule has 4 aromatic carbocycles. The maximum atomic E-state index is 16.2. The summed E-state index contributed by atoms with van der Waals surface area (Å²) in [6, 6.07) is 6.52. The van der Waals surface area contributed by atoms with Crippen LogP contribution in [-0.4, -0.2) is 174 Å². The number of carbonyl (C=O) groups is 8. The van der Waals surface area contributed by atoms with Crippen molar-refractivity contribution < 1.29 is 117 Å². The van der Waals surface area contributed by atoms with Crippen LogP contribution >= 0.6 is 23.2 Å². The minimum atomic E-state index is -2.12. The Labute approximate surface area is 587 Å². The largest absolute Gasteiger partial charge is 0.512 e. The van der Waals surface area contributed by atoms with Crippen molar-refractivity contribution in [1.29, 1.82) is 0 Å². The number of ether oxygens (including phenoxy) is 7. The zero-order valence-corrected chi connectivity index (χ0v) is 56.8. The van der Waals surface area contributed by atoms with Gasteiger partial charge in [0.15, 0.2) is 35.5 Å². The number of Topliss-reactive ketones (excluding diaryl/α,β-unsaturated/α-hetero) is 3. The number of carbonyl (C=O) groups excluding carboxylic acids is 8. The molecule has 4 aromatic rings. The molecular weight excluding hydrogens is 1370 g/mol. The van der Waals surface area contributed by atoms with E-state index >= 15 is 14.4 Å². The second-order valence-electron chi connectivity index (χ2n) is 26.7. The third kappa shape index (κ3) is 16.3. The molecule has 0 aromatic heterocycles. The number of hydrogen-bond donors (Lipinski definition) is 15. The molecule has 101 heavy (non-hydrogen) atoms. The number of hydrogen-bond acceptors (Lipinski definition) is 26. The molecule has 17 N–H and O–H groups in total. The Morgan fingerprint density at radius 3 is 2.05 bits per heavy atom. The number of phenolic OH excluding ortho intramolecular Hbond substituents is 2. The minimum absolute atomic E-state index is 0.0513. The van der Waals surface area contributed by atoms with Gasteiger partial charge in [-0.25, -0.2) is 0 Å². The summed E-state index contributed by atoms with van der Waals surface area (Å²) >= 11 is 14.2. The molecule has 2 saturated heterocycles. The molecule has 0 saturated carbocycles. The van der Waals surface area contributed by atoms with Crippen molar-refractivity contribution in [2.24, 2.45) is 35.1 Å². The summed E-state index contributed by atoms with van der Waals surface area (Å²) in [6.45, 7) is 5.71. The van der Waals surface area contributed by atoms with Crippen LogP contribution in [0.3, 0.4) is 0 Å². The Balaban J connectivity index is 1.23. The number of nitrogens with two attached hydrogens (primary N) is 2. The van der Waals surface area contributed by atoms with Gasteiger partial charge in [-0.1, -0.05) is 60.8 Å². The first-order valence-corrected chi connectivity index (χ1v) is 33.3. The number of aliphatic hydroxyl groups excluding tert-OH is 7. The smallest absolute Gasteiger partial charge is 0.295 e. The van der Waals surface area contributed by atoms with E-state index in [4.69, 9.17) is 67.8 Å². The highest BCUT2D eigenvalue weighted by molar-refractivity contribution is 6.32. The number of likely N-dealkylation sites (N-methyl/N-ethyl adjacent to an activating group) is 1. The van der Waals surface area contributed by atoms with Gasteiger partial charge in [-0.3, -0.25) is 38.4 Å². The number of aromatic hydroxyl groups is 2. The fourth-order valence-corrected chi connectivity index (χ4v) is 14.0. The van der Waals surface area contributed by atoms with Crippen LogP contribution in [0.4, 0.5) is 0 Å². The number of fused-ring (bicyclic) bond motifs is 14. The lowest BCUT2D eigenvalue weighted by Gasteiger charge is -2.47. The Hall–Kier alpha value is -8.34. The molecule has 30 nitrogen and oxygen atoms in total. The Morgan fingerprint density at radius 1 is 0.802 bits per heavy atom. The molecule has 4 amide bonds. The number of ketones is 3. The second kappa shape index (κ2) is 31.1. The van der Waals surface area contributed by atoms with E-state index in [0.29, 0.717) is 0 Å². The van der Waals surface area contributed by atoms with E-state index < -0.39 is 217 Å². The summed E-state index contributed by atoms with van der Waals surface area (Å²) in [4.78, 5) is 117. The summed E-state index contributed by atoms with van der Waals surface area (Å²) in [6.07, 6.45) is -21.8. The van der Waals surface area contributed by atoms with Gasteiger partial charge in [0.1, 0.15) is 71.0 Å². The van der Waals surface area contributed by atoms with Crippen LogP contribution in [0.25, 0.3) is 5.57 Å². The van der Waals surface area contributed by atoms with Crippen LogP contribution in [0.15, 0.2) is 78.1 Å². The van der Waals surface area contributed by atoms with Crippen LogP contribution in [0.5, 0.6) is 40.2 Å². The van der Waals surface area contributed by atoms with Crippen molar-refractivity contribution >= 4 is 76.2 Å². The first-order chi connectivity index (χ1) is 47.8. The summed E-state index contributed by atoms with van der Waals surface area (Å²) in [5, 5.41) is 114. The highest BCUT2D eigenvalue weighted by Crippen LogP contribution is 2.51. The van der Waals surface area contributed by atoms with Crippen molar-refractivity contribution in [1.82, 2.24) is 21.3 Å². The number of aliphatic hydroxyl groups is 7. The van der Waals surface area contributed by atoms with Gasteiger partial charge in [0.2, 0.25) is 41.9 Å². The number of primary amides is 1. The first-order valence-electron chi connectivity index (χ1n) is 32.6. The number of halogens is 2. The molecular formula is C69H80Cl2N6O24. The van der Waals surface area contributed by atoms with Crippen molar-refractivity contribution in [2.75, 3.05) is 13.7 Å². The van der Waals surface area contributed by atoms with E-state index in [2.05, 4.69) is 21.3 Å². The second-order valence-corrected chi connectivity index (χ2v) is 27.6. The average Bonchev–Trinajstić information content (AvgIpc) is 0.771. The van der Waals surface area contributed by atoms with Gasteiger partial charge in [0, 0.05) is 72.7 Å². The lowest BCUT2D eigenvalue weighted by molar-refractivity contribution is -0.333. The summed E-state index contributed by atoms with van der Waals surface area (Å²) in [7, 11) is 1.50. The number of phenols is 2. The van der Waals surface area contributed by atoms with Gasteiger partial charge in [-0.05, 0) is 98.8 Å². The van der Waals surface area contributed by atoms with E-state index in [1.54, 1.807) is 0 Å². The normalized spacial score (nSPS) is 30.6. The van der Waals surface area contributed by atoms with Gasteiger partial charge < -0.3 is 112 Å². The third-order valence-corrected chi connectivity index (χ3v) is 19.5. The standard InChI is InChI=1S/C69H80Cl2N6O24/c1-27(2)12-41(74-5)66(94)76-56-45(84)16-33(19-52(72)86)64(92)75-55-32-17-49(61(50(18-32)98-48-11-8-31(58(56)88)15-40(48)71)101-68-62(60(90)59(89)51(25-78)99-68)100-53-24-69(4,73)63(91)28(3)96-53)97-47-10-7-30(14-39(47)70)57(87)38-23-43(82)35(22-46(55)85)29-6-9-42(81)36(13-29)54-37(20-34(80)21-44(54)83)67(95-26-79)77-65(38)93/h7-8,10-11,13-15,17-18,20-21,26-28,33,35,38,41,51,53,55-60,62-63,67-68,74,78,80-81,83,87-91H,6,9,12,16,19,22-25,73H2,1-5H3,(H2,72,86)(H,75,92)(H,76,94)(H,77,93)/t28-,33+,35-,38+,41-,51+,53-,55-,56?,57-,58-,59-,60+,62+,63-,67+,68?,69+/m1/s1. The number of allylic oxidation sites excluding steroid dienone is 4. The van der Waals surface area contributed by atoms with Crippen LogP contribution in [0.2, 0.25) is 10.0 Å². The van der Waals surface area contributed by atoms with E-state index in [1.807, 2.05) is 13.8 Å². The molecule has 544 valence electrons. The SMILES string of the molecule is CN[C@H](CC(C)C)C(=O)NC1C(=O)C[C@@H](CC(N)=O)C(=O)N[C@H]2C(=O)C[C@H]3C(=O)C[C@H](C(=O)N[C@@H](OC=O)c4cc(O)cc(O)c4C4=C(O)CCC3=C4)[C@H](O)c3ccc(c(Cl)c3)Oc3cc2cc(c3OC2O[C@@H](CO)[C@@H](O)[C@H](O)[C@@H]2O[C@@H]2C[C@](C)(N)[C@H](O)[C@@H](C)O2)Oc2ccc(cc2Cl)[C@H]1O. The zero-order valence-electron chi connectivity index (χ0n) is 55.2. The maximum absolute atomic E-state index is 16.2. The highest BCUT2D eigenvalue weighted by atomic mass is 35.5. The Morgan fingerprint density at radius 2 is 1.46 bits per heavy atom. The molecule has 0 radical (unpaired) electrons. The van der Waals surface area contributed by atoms with Gasteiger partial charge >= 0.3 is 0 Å². The average molecular weight is 1450 g/mol. The van der Waals surface area contributed by atoms with Crippen molar-refractivity contribution in [3.8, 4) is 40.2 Å². The molecule has 7 aliphatic heterocycles. The Kier molecular flexibility index (Phi) is 23.2. The predicted molar refractivity (Wildman–Crippen MR) is 353 cm³/mol. The van der Waals surface area contributed by atoms with Crippen molar-refractivity contribution in [3.63, 3.8) is 0 Å². The lowest BCUT2D eigenvalue weighted by Crippen LogP contribution is -2.64. The molecule has 2 unspecified atom stereocenters. The molecule has 18 atom stereocenters. The molecule has 12 rings (SSSR count). The number of rotatable bonds is 14. The maximum Gasteiger partial charge on any atom is 0.295 e. The predicted octanol–water partition coefficient (Wildman–Crippen LogP) is 3.37. The van der Waals surface area contributed by atoms with Crippen LogP contribution in [-0.2, 0) is 57.3 Å². The van der Waals surface area contributed by atoms with E-state index in [1.165, 1.54) is 57.3 Å². The highest BCUT2D eigenvalue weighted by Gasteiger charge is 2.52.